The van der Waals surface area contributed by atoms with Crippen molar-refractivity contribution in [3.63, 3.8) is 0 Å². The summed E-state index contributed by atoms with van der Waals surface area (Å²) in [5.41, 5.74) is 7.12. The summed E-state index contributed by atoms with van der Waals surface area (Å²) in [4.78, 5) is 0. The predicted octanol–water partition coefficient (Wildman–Crippen LogP) is 2.74. The second kappa shape index (κ2) is 6.61. The van der Waals surface area contributed by atoms with Gasteiger partial charge in [0.1, 0.15) is 30.5 Å². The third-order valence-corrected chi connectivity index (χ3v) is 2.84. The highest BCUT2D eigenvalue weighted by atomic mass is 16.5. The Morgan fingerprint density at radius 1 is 1.00 bits per heavy atom. The molecule has 20 heavy (non-hydrogen) atoms. The molecule has 0 aliphatic carbocycles. The number of amidine groups is 1. The lowest BCUT2D eigenvalue weighted by Gasteiger charge is -2.13. The number of hydrogen-bond acceptors (Lipinski definition) is 3. The van der Waals surface area contributed by atoms with Crippen LogP contribution in [0.2, 0.25) is 0 Å². The molecule has 0 spiro atoms. The summed E-state index contributed by atoms with van der Waals surface area (Å²) in [5, 5.41) is 7.55. The molecule has 3 N–H and O–H groups in total. The van der Waals surface area contributed by atoms with E-state index < -0.39 is 0 Å². The van der Waals surface area contributed by atoms with E-state index in [-0.39, 0.29) is 5.84 Å². The Labute approximate surface area is 118 Å². The van der Waals surface area contributed by atoms with E-state index in [9.17, 15) is 0 Å². The number of para-hydroxylation sites is 2. The van der Waals surface area contributed by atoms with E-state index in [1.165, 1.54) is 0 Å². The molecule has 0 bridgehead atoms. The molecular formula is C16H18N2O2. The van der Waals surface area contributed by atoms with E-state index >= 15 is 0 Å². The highest BCUT2D eigenvalue weighted by Crippen LogP contribution is 2.22. The summed E-state index contributed by atoms with van der Waals surface area (Å²) in [6.45, 7) is 2.77. The SMILES string of the molecule is Cc1cccc(C(=N)N)c1OCCOc1ccccc1. The summed E-state index contributed by atoms with van der Waals surface area (Å²) >= 11 is 0. The van der Waals surface area contributed by atoms with Crippen molar-refractivity contribution in [2.45, 2.75) is 6.92 Å². The Balaban J connectivity index is 1.93. The van der Waals surface area contributed by atoms with Crippen molar-refractivity contribution in [1.29, 1.82) is 5.41 Å². The molecule has 0 fully saturated rings. The summed E-state index contributed by atoms with van der Waals surface area (Å²) in [7, 11) is 0. The van der Waals surface area contributed by atoms with Gasteiger partial charge in [-0.1, -0.05) is 30.3 Å². The van der Waals surface area contributed by atoms with Crippen LogP contribution in [0.3, 0.4) is 0 Å². The molecule has 0 atom stereocenters. The second-order valence-electron chi connectivity index (χ2n) is 4.38. The lowest BCUT2D eigenvalue weighted by molar-refractivity contribution is 0.216. The number of benzene rings is 2. The molecule has 0 aliphatic rings. The summed E-state index contributed by atoms with van der Waals surface area (Å²) in [6.07, 6.45) is 0. The quantitative estimate of drug-likeness (QED) is 0.482. The number of nitrogens with one attached hydrogen (secondary N) is 1. The van der Waals surface area contributed by atoms with Crippen molar-refractivity contribution < 1.29 is 9.47 Å². The molecule has 2 aromatic carbocycles. The van der Waals surface area contributed by atoms with Gasteiger partial charge in [0.2, 0.25) is 0 Å². The van der Waals surface area contributed by atoms with Gasteiger partial charge in [0.05, 0.1) is 5.56 Å². The monoisotopic (exact) mass is 270 g/mol. The number of aryl methyl sites for hydroxylation is 1. The van der Waals surface area contributed by atoms with Gasteiger partial charge in [0, 0.05) is 0 Å². The number of nitrogens with two attached hydrogens (primary N) is 1. The van der Waals surface area contributed by atoms with E-state index in [2.05, 4.69) is 0 Å². The second-order valence-corrected chi connectivity index (χ2v) is 4.38. The average Bonchev–Trinajstić information content (AvgIpc) is 2.45. The molecular weight excluding hydrogens is 252 g/mol. The summed E-state index contributed by atoms with van der Waals surface area (Å²) < 4.78 is 11.3. The fourth-order valence-corrected chi connectivity index (χ4v) is 1.88. The third kappa shape index (κ3) is 3.51. The Kier molecular flexibility index (Phi) is 4.60. The molecule has 0 saturated heterocycles. The summed E-state index contributed by atoms with van der Waals surface area (Å²) in [6, 6.07) is 15.2. The zero-order valence-corrected chi connectivity index (χ0v) is 11.4. The fraction of sp³-hybridized carbons (Fsp3) is 0.188. The smallest absolute Gasteiger partial charge is 0.133 e. The van der Waals surface area contributed by atoms with Crippen LogP contribution in [0.1, 0.15) is 11.1 Å². The number of ether oxygens (including phenoxy) is 2. The third-order valence-electron chi connectivity index (χ3n) is 2.84. The first-order valence-corrected chi connectivity index (χ1v) is 6.43. The molecule has 4 nitrogen and oxygen atoms in total. The number of rotatable bonds is 6. The van der Waals surface area contributed by atoms with Gasteiger partial charge in [-0.15, -0.1) is 0 Å². The van der Waals surface area contributed by atoms with Crippen LogP contribution in [0.4, 0.5) is 0 Å². The van der Waals surface area contributed by atoms with E-state index in [4.69, 9.17) is 20.6 Å². The minimum Gasteiger partial charge on any atom is -0.490 e. The standard InChI is InChI=1S/C16H18N2O2/c1-12-6-5-9-14(16(17)18)15(12)20-11-10-19-13-7-3-2-4-8-13/h2-9H,10-11H2,1H3,(H3,17,18). The lowest BCUT2D eigenvalue weighted by Crippen LogP contribution is -2.16. The van der Waals surface area contributed by atoms with Crippen molar-refractivity contribution in [2.24, 2.45) is 5.73 Å². The first-order valence-electron chi connectivity index (χ1n) is 6.43. The van der Waals surface area contributed by atoms with Crippen LogP contribution in [-0.2, 0) is 0 Å². The summed E-state index contributed by atoms with van der Waals surface area (Å²) in [5.74, 6) is 1.47. The molecule has 0 unspecified atom stereocenters. The van der Waals surface area contributed by atoms with E-state index in [0.29, 0.717) is 24.5 Å². The normalized spacial score (nSPS) is 10.1. The van der Waals surface area contributed by atoms with Gasteiger partial charge in [0.25, 0.3) is 0 Å². The average molecular weight is 270 g/mol. The first kappa shape index (κ1) is 13.9. The zero-order chi connectivity index (χ0) is 14.4. The molecule has 0 aromatic heterocycles. The van der Waals surface area contributed by atoms with Crippen molar-refractivity contribution in [3.8, 4) is 11.5 Å². The maximum absolute atomic E-state index is 7.55. The van der Waals surface area contributed by atoms with Crippen LogP contribution in [0.5, 0.6) is 11.5 Å². The Morgan fingerprint density at radius 3 is 2.40 bits per heavy atom. The van der Waals surface area contributed by atoms with Gasteiger partial charge >= 0.3 is 0 Å². The molecule has 2 rings (SSSR count). The highest BCUT2D eigenvalue weighted by Gasteiger charge is 2.09. The Bertz CT molecular complexity index is 582. The molecule has 0 aliphatic heterocycles. The lowest BCUT2D eigenvalue weighted by atomic mass is 10.1. The predicted molar refractivity (Wildman–Crippen MR) is 79.6 cm³/mol. The van der Waals surface area contributed by atoms with Gasteiger partial charge in [0.15, 0.2) is 0 Å². The molecule has 104 valence electrons. The van der Waals surface area contributed by atoms with Crippen molar-refractivity contribution >= 4 is 5.84 Å². The van der Waals surface area contributed by atoms with Crippen LogP contribution in [-0.4, -0.2) is 19.0 Å². The van der Waals surface area contributed by atoms with Crippen LogP contribution >= 0.6 is 0 Å². The van der Waals surface area contributed by atoms with Crippen molar-refractivity contribution in [3.05, 3.63) is 59.7 Å². The molecule has 0 radical (unpaired) electrons. The topological polar surface area (TPSA) is 68.3 Å². The number of nitrogen functional groups attached to an aromatic ring is 1. The van der Waals surface area contributed by atoms with Crippen LogP contribution in [0.25, 0.3) is 0 Å². The van der Waals surface area contributed by atoms with Gasteiger partial charge in [-0.05, 0) is 30.7 Å². The number of hydrogen-bond donors (Lipinski definition) is 2. The van der Waals surface area contributed by atoms with Crippen LogP contribution < -0.4 is 15.2 Å². The molecule has 0 amide bonds. The molecule has 2 aromatic rings. The van der Waals surface area contributed by atoms with Crippen LogP contribution in [0.15, 0.2) is 48.5 Å². The van der Waals surface area contributed by atoms with Crippen molar-refractivity contribution in [2.75, 3.05) is 13.2 Å². The van der Waals surface area contributed by atoms with E-state index in [1.807, 2.05) is 49.4 Å². The minimum absolute atomic E-state index is 0.00711. The van der Waals surface area contributed by atoms with Gasteiger partial charge in [-0.3, -0.25) is 5.41 Å². The highest BCUT2D eigenvalue weighted by molar-refractivity contribution is 5.98. The van der Waals surface area contributed by atoms with Gasteiger partial charge in [-0.2, -0.15) is 0 Å². The first-order chi connectivity index (χ1) is 9.68. The largest absolute Gasteiger partial charge is 0.490 e. The molecule has 4 heteroatoms. The molecule has 0 heterocycles. The van der Waals surface area contributed by atoms with Crippen LogP contribution in [0, 0.1) is 12.3 Å². The molecule has 0 saturated carbocycles. The Morgan fingerprint density at radius 2 is 1.70 bits per heavy atom. The van der Waals surface area contributed by atoms with Gasteiger partial charge < -0.3 is 15.2 Å². The van der Waals surface area contributed by atoms with E-state index in [0.717, 1.165) is 11.3 Å². The van der Waals surface area contributed by atoms with Crippen molar-refractivity contribution in [1.82, 2.24) is 0 Å². The minimum atomic E-state index is 0.00711. The maximum atomic E-state index is 7.55. The Hall–Kier alpha value is -2.49. The van der Waals surface area contributed by atoms with E-state index in [1.54, 1.807) is 6.07 Å². The zero-order valence-electron chi connectivity index (χ0n) is 11.4. The van der Waals surface area contributed by atoms with Gasteiger partial charge in [-0.25, -0.2) is 0 Å². The maximum Gasteiger partial charge on any atom is 0.133 e. The fourth-order valence-electron chi connectivity index (χ4n) is 1.88.